The molecule has 0 saturated carbocycles. The minimum absolute atomic E-state index is 0.0578. The summed E-state index contributed by atoms with van der Waals surface area (Å²) in [7, 11) is 0. The van der Waals surface area contributed by atoms with Crippen LogP contribution < -0.4 is 4.74 Å². The van der Waals surface area contributed by atoms with Crippen LogP contribution in [0.15, 0.2) is 12.1 Å². The number of halogens is 5. The molecule has 1 N–H and O–H groups in total. The summed E-state index contributed by atoms with van der Waals surface area (Å²) in [6, 6.07) is 1.90. The summed E-state index contributed by atoms with van der Waals surface area (Å²) >= 11 is 0. The smallest absolute Gasteiger partial charge is 0.346 e. The summed E-state index contributed by atoms with van der Waals surface area (Å²) in [5, 5.41) is 10.2. The Morgan fingerprint density at radius 3 is 2.46 bits per heavy atom. The van der Waals surface area contributed by atoms with Crippen molar-refractivity contribution in [2.45, 2.75) is 49.0 Å². The maximum Gasteiger partial charge on any atom is 0.346 e. The summed E-state index contributed by atoms with van der Waals surface area (Å²) in [6.07, 6.45) is -2.33. The van der Waals surface area contributed by atoms with Crippen molar-refractivity contribution in [1.82, 2.24) is 0 Å². The molecular weight excluding hydrogens is 335 g/mol. The lowest BCUT2D eigenvalue weighted by molar-refractivity contribution is -0.287. The van der Waals surface area contributed by atoms with E-state index >= 15 is 0 Å². The minimum atomic E-state index is -4.77. The third kappa shape index (κ3) is 1.78. The Bertz CT molecular complexity index is 687. The van der Waals surface area contributed by atoms with E-state index in [1.165, 1.54) is 0 Å². The summed E-state index contributed by atoms with van der Waals surface area (Å²) in [5.74, 6) is -9.38. The van der Waals surface area contributed by atoms with Gasteiger partial charge in [-0.1, -0.05) is 0 Å². The fraction of sp³-hybridized carbons (Fsp3) is 0.625. The van der Waals surface area contributed by atoms with Crippen LogP contribution in [0.2, 0.25) is 0 Å². The number of hydrogen-bond acceptors (Lipinski definition) is 3. The summed E-state index contributed by atoms with van der Waals surface area (Å²) in [5.41, 5.74) is -5.33. The highest BCUT2D eigenvalue weighted by molar-refractivity contribution is 5.59. The molecule has 0 aromatic heterocycles. The van der Waals surface area contributed by atoms with Gasteiger partial charge in [-0.05, 0) is 12.1 Å². The van der Waals surface area contributed by atoms with Gasteiger partial charge in [-0.25, -0.2) is 4.39 Å². The standard InChI is InChI=1S/C16H15F5O3/c17-10-7-14(22)13-9(15(18,19)16(14,20)21)1-2-11(12(10)13)24-8-3-5-23-6-4-8/h1-2,8,10,22H,3-7H2/t10-,14+/m0/s1. The minimum Gasteiger partial charge on any atom is -0.490 e. The highest BCUT2D eigenvalue weighted by atomic mass is 19.3. The summed E-state index contributed by atoms with van der Waals surface area (Å²) < 4.78 is 81.6. The molecule has 0 radical (unpaired) electrons. The van der Waals surface area contributed by atoms with E-state index in [0.717, 1.165) is 12.1 Å². The Balaban J connectivity index is 1.82. The molecule has 0 spiro atoms. The zero-order valence-electron chi connectivity index (χ0n) is 12.5. The summed E-state index contributed by atoms with van der Waals surface area (Å²) in [6.45, 7) is 0.897. The van der Waals surface area contributed by atoms with Gasteiger partial charge in [0.1, 0.15) is 18.0 Å². The molecule has 1 aliphatic heterocycles. The van der Waals surface area contributed by atoms with Crippen LogP contribution in [-0.2, 0) is 16.3 Å². The lowest BCUT2D eigenvalue weighted by Gasteiger charge is -2.30. The summed E-state index contributed by atoms with van der Waals surface area (Å²) in [4.78, 5) is 0. The Kier molecular flexibility index (Phi) is 3.23. The van der Waals surface area contributed by atoms with Gasteiger partial charge in [0.05, 0.1) is 13.2 Å². The van der Waals surface area contributed by atoms with Crippen molar-refractivity contribution in [3.63, 3.8) is 0 Å². The quantitative estimate of drug-likeness (QED) is 0.829. The molecule has 0 bridgehead atoms. The van der Waals surface area contributed by atoms with Gasteiger partial charge in [0.2, 0.25) is 0 Å². The van der Waals surface area contributed by atoms with E-state index < -0.39 is 41.2 Å². The van der Waals surface area contributed by atoms with E-state index in [1.807, 2.05) is 0 Å². The van der Waals surface area contributed by atoms with Crippen LogP contribution in [0.25, 0.3) is 0 Å². The third-order valence-electron chi connectivity index (χ3n) is 5.12. The van der Waals surface area contributed by atoms with Crippen molar-refractivity contribution >= 4 is 0 Å². The highest BCUT2D eigenvalue weighted by Crippen LogP contribution is 2.68. The zero-order chi connectivity index (χ0) is 17.3. The van der Waals surface area contributed by atoms with E-state index in [2.05, 4.69) is 0 Å². The molecule has 1 heterocycles. The molecule has 132 valence electrons. The molecule has 1 aromatic carbocycles. The molecule has 2 atom stereocenters. The first-order valence-corrected chi connectivity index (χ1v) is 7.74. The molecule has 3 aliphatic rings. The first-order valence-electron chi connectivity index (χ1n) is 7.74. The van der Waals surface area contributed by atoms with Crippen molar-refractivity contribution in [3.8, 4) is 5.75 Å². The van der Waals surface area contributed by atoms with Gasteiger partial charge in [0, 0.05) is 36.0 Å². The molecule has 4 rings (SSSR count). The monoisotopic (exact) mass is 350 g/mol. The van der Waals surface area contributed by atoms with Crippen LogP contribution in [0, 0.1) is 0 Å². The van der Waals surface area contributed by atoms with Crippen molar-refractivity contribution in [2.24, 2.45) is 0 Å². The second kappa shape index (κ2) is 4.82. The van der Waals surface area contributed by atoms with Gasteiger partial charge < -0.3 is 14.6 Å². The second-order valence-corrected chi connectivity index (χ2v) is 6.51. The fourth-order valence-corrected chi connectivity index (χ4v) is 3.87. The van der Waals surface area contributed by atoms with Crippen LogP contribution in [0.5, 0.6) is 5.75 Å². The van der Waals surface area contributed by atoms with Crippen LogP contribution in [0.3, 0.4) is 0 Å². The average Bonchev–Trinajstić information content (AvgIpc) is 2.86. The van der Waals surface area contributed by atoms with E-state index in [-0.39, 0.29) is 17.4 Å². The Morgan fingerprint density at radius 2 is 1.79 bits per heavy atom. The van der Waals surface area contributed by atoms with Crippen LogP contribution >= 0.6 is 0 Å². The molecular formula is C16H15F5O3. The van der Waals surface area contributed by atoms with Gasteiger partial charge in [-0.3, -0.25) is 0 Å². The van der Waals surface area contributed by atoms with Gasteiger partial charge in [0.25, 0.3) is 0 Å². The van der Waals surface area contributed by atoms with E-state index in [0.29, 0.717) is 26.1 Å². The predicted molar refractivity (Wildman–Crippen MR) is 72.1 cm³/mol. The van der Waals surface area contributed by atoms with E-state index in [9.17, 15) is 27.1 Å². The molecule has 0 amide bonds. The van der Waals surface area contributed by atoms with E-state index in [1.54, 1.807) is 0 Å². The molecule has 1 aromatic rings. The number of alkyl halides is 5. The maximum atomic E-state index is 14.4. The van der Waals surface area contributed by atoms with Crippen LogP contribution in [-0.4, -0.2) is 30.3 Å². The third-order valence-corrected chi connectivity index (χ3v) is 5.12. The number of benzene rings is 1. The lowest BCUT2D eigenvalue weighted by atomic mass is 9.95. The molecule has 24 heavy (non-hydrogen) atoms. The largest absolute Gasteiger partial charge is 0.490 e. The first kappa shape index (κ1) is 16.1. The van der Waals surface area contributed by atoms with Gasteiger partial charge in [-0.2, -0.15) is 17.6 Å². The van der Waals surface area contributed by atoms with E-state index in [4.69, 9.17) is 9.47 Å². The SMILES string of the molecule is O[C@]12C[C@H](F)c3c(OC4CCOCC4)ccc(c31)C(F)(F)C2(F)F. The molecule has 3 nitrogen and oxygen atoms in total. The molecule has 1 saturated heterocycles. The van der Waals surface area contributed by atoms with Gasteiger partial charge >= 0.3 is 11.8 Å². The van der Waals surface area contributed by atoms with Crippen molar-refractivity contribution in [2.75, 3.05) is 13.2 Å². The van der Waals surface area contributed by atoms with Crippen molar-refractivity contribution < 1.29 is 36.5 Å². The van der Waals surface area contributed by atoms with Crippen molar-refractivity contribution in [3.05, 3.63) is 28.8 Å². The molecule has 0 unspecified atom stereocenters. The van der Waals surface area contributed by atoms with Crippen molar-refractivity contribution in [1.29, 1.82) is 0 Å². The Labute approximate surface area is 134 Å². The average molecular weight is 350 g/mol. The molecule has 1 fully saturated rings. The molecule has 8 heteroatoms. The number of ether oxygens (including phenoxy) is 2. The van der Waals surface area contributed by atoms with Gasteiger partial charge in [0.15, 0.2) is 5.60 Å². The normalized spacial score (nSPS) is 33.5. The number of rotatable bonds is 2. The first-order chi connectivity index (χ1) is 11.2. The van der Waals surface area contributed by atoms with Crippen LogP contribution in [0.4, 0.5) is 22.0 Å². The zero-order valence-corrected chi connectivity index (χ0v) is 12.5. The Morgan fingerprint density at radius 1 is 1.12 bits per heavy atom. The number of hydrogen-bond donors (Lipinski definition) is 1. The Hall–Kier alpha value is -1.41. The van der Waals surface area contributed by atoms with Gasteiger partial charge in [-0.15, -0.1) is 0 Å². The topological polar surface area (TPSA) is 38.7 Å². The second-order valence-electron chi connectivity index (χ2n) is 6.51. The van der Waals surface area contributed by atoms with Crippen LogP contribution in [0.1, 0.15) is 42.1 Å². The predicted octanol–water partition coefficient (Wildman–Crippen LogP) is 3.59. The fourth-order valence-electron chi connectivity index (χ4n) is 3.87. The molecule has 2 aliphatic carbocycles. The highest BCUT2D eigenvalue weighted by Gasteiger charge is 2.79. The maximum absolute atomic E-state index is 14.4. The lowest BCUT2D eigenvalue weighted by Crippen LogP contribution is -2.48. The number of aliphatic hydroxyl groups is 1.